The zero-order valence-corrected chi connectivity index (χ0v) is 7.56. The Morgan fingerprint density at radius 1 is 1.33 bits per heavy atom. The fourth-order valence-electron chi connectivity index (χ4n) is 0.903. The van der Waals surface area contributed by atoms with Crippen LogP contribution in [-0.2, 0) is 0 Å². The van der Waals surface area contributed by atoms with Crippen molar-refractivity contribution in [2.45, 2.75) is 38.6 Å². The van der Waals surface area contributed by atoms with Crippen LogP contribution in [0.5, 0.6) is 0 Å². The average Bonchev–Trinajstić information content (AvgIpc) is 1.97. The van der Waals surface area contributed by atoms with Crippen molar-refractivity contribution in [3.8, 4) is 0 Å². The van der Waals surface area contributed by atoms with Crippen molar-refractivity contribution in [2.24, 2.45) is 11.5 Å². The first-order valence-electron chi connectivity index (χ1n) is 4.21. The Kier molecular flexibility index (Phi) is 5.28. The third kappa shape index (κ3) is 5.85. The molecule has 0 aliphatic rings. The second-order valence-electron chi connectivity index (χ2n) is 3.12. The van der Waals surface area contributed by atoms with Crippen LogP contribution in [0.15, 0.2) is 0 Å². The minimum atomic E-state index is -0.115. The summed E-state index contributed by atoms with van der Waals surface area (Å²) in [7, 11) is 0. The maximum absolute atomic E-state index is 7.25. The highest BCUT2D eigenvalue weighted by atomic mass is 14.7. The van der Waals surface area contributed by atoms with Gasteiger partial charge >= 0.3 is 0 Å². The molecule has 0 fully saturated rings. The van der Waals surface area contributed by atoms with Gasteiger partial charge in [0, 0.05) is 6.04 Å². The molecule has 0 aromatic rings. The predicted octanol–water partition coefficient (Wildman–Crippen LogP) is 0.850. The van der Waals surface area contributed by atoms with Crippen molar-refractivity contribution in [3.05, 3.63) is 0 Å². The van der Waals surface area contributed by atoms with Crippen LogP contribution in [-0.4, -0.2) is 17.6 Å². The van der Waals surface area contributed by atoms with E-state index in [9.17, 15) is 0 Å². The minimum Gasteiger partial charge on any atom is -0.383 e. The van der Waals surface area contributed by atoms with Gasteiger partial charge in [0.15, 0.2) is 0 Å². The quantitative estimate of drug-likeness (QED) is 0.270. The standard InChI is InChI=1S/C8H18N4/c1-6(9)4-2-3-5-7(10)8(11)12/h6,10H,2-5,9H2,1H3,(H3,11,12). The van der Waals surface area contributed by atoms with Crippen molar-refractivity contribution in [3.63, 3.8) is 0 Å². The zero-order chi connectivity index (χ0) is 9.56. The molecule has 0 radical (unpaired) electrons. The Morgan fingerprint density at radius 2 is 1.92 bits per heavy atom. The molecule has 0 rings (SSSR count). The van der Waals surface area contributed by atoms with E-state index >= 15 is 0 Å². The highest BCUT2D eigenvalue weighted by molar-refractivity contribution is 6.38. The Labute approximate surface area is 73.3 Å². The smallest absolute Gasteiger partial charge is 0.136 e. The van der Waals surface area contributed by atoms with Gasteiger partial charge in [0.05, 0.1) is 5.71 Å². The molecule has 0 aliphatic heterocycles. The molecule has 0 amide bonds. The van der Waals surface area contributed by atoms with E-state index in [1.165, 1.54) is 0 Å². The van der Waals surface area contributed by atoms with E-state index in [0.717, 1.165) is 19.3 Å². The summed E-state index contributed by atoms with van der Waals surface area (Å²) in [6.07, 6.45) is 3.49. The first kappa shape index (κ1) is 11.1. The summed E-state index contributed by atoms with van der Waals surface area (Å²) in [6, 6.07) is 0.233. The van der Waals surface area contributed by atoms with Crippen LogP contribution in [0.1, 0.15) is 32.6 Å². The van der Waals surface area contributed by atoms with Crippen LogP contribution in [0.25, 0.3) is 0 Å². The van der Waals surface area contributed by atoms with Gasteiger partial charge in [-0.05, 0) is 26.2 Å². The highest BCUT2D eigenvalue weighted by Gasteiger charge is 2.00. The Balaban J connectivity index is 3.32. The molecule has 0 aromatic carbocycles. The van der Waals surface area contributed by atoms with Crippen LogP contribution in [0, 0.1) is 10.8 Å². The molecule has 0 aromatic heterocycles. The molecule has 12 heavy (non-hydrogen) atoms. The molecule has 70 valence electrons. The molecule has 6 N–H and O–H groups in total. The topological polar surface area (TPSA) is 99.7 Å². The number of unbranched alkanes of at least 4 members (excludes halogenated alkanes) is 1. The molecule has 0 saturated carbocycles. The second-order valence-corrected chi connectivity index (χ2v) is 3.12. The monoisotopic (exact) mass is 170 g/mol. The van der Waals surface area contributed by atoms with Crippen LogP contribution >= 0.6 is 0 Å². The van der Waals surface area contributed by atoms with Gasteiger partial charge < -0.3 is 16.9 Å². The third-order valence-corrected chi connectivity index (χ3v) is 1.66. The minimum absolute atomic E-state index is 0.115. The zero-order valence-electron chi connectivity index (χ0n) is 7.56. The molecular formula is C8H18N4. The van der Waals surface area contributed by atoms with E-state index in [-0.39, 0.29) is 17.6 Å². The lowest BCUT2D eigenvalue weighted by Crippen LogP contribution is -2.21. The van der Waals surface area contributed by atoms with Gasteiger partial charge in [-0.25, -0.2) is 0 Å². The molecule has 4 nitrogen and oxygen atoms in total. The number of hydrogen-bond donors (Lipinski definition) is 4. The molecule has 0 spiro atoms. The van der Waals surface area contributed by atoms with Crippen molar-refractivity contribution in [2.75, 3.05) is 0 Å². The molecular weight excluding hydrogens is 152 g/mol. The first-order chi connectivity index (χ1) is 5.54. The predicted molar refractivity (Wildman–Crippen MR) is 51.8 cm³/mol. The molecule has 1 atom stereocenters. The number of hydrogen-bond acceptors (Lipinski definition) is 3. The molecule has 0 aliphatic carbocycles. The molecule has 0 saturated heterocycles. The van der Waals surface area contributed by atoms with Crippen molar-refractivity contribution in [1.29, 1.82) is 10.8 Å². The summed E-state index contributed by atoms with van der Waals surface area (Å²) < 4.78 is 0. The lowest BCUT2D eigenvalue weighted by Gasteiger charge is -2.04. The van der Waals surface area contributed by atoms with Crippen molar-refractivity contribution in [1.82, 2.24) is 0 Å². The van der Waals surface area contributed by atoms with Crippen molar-refractivity contribution >= 4 is 11.5 Å². The lowest BCUT2D eigenvalue weighted by molar-refractivity contribution is 0.606. The van der Waals surface area contributed by atoms with E-state index < -0.39 is 0 Å². The van der Waals surface area contributed by atoms with Gasteiger partial charge in [0.25, 0.3) is 0 Å². The normalized spacial score (nSPS) is 12.5. The average molecular weight is 170 g/mol. The van der Waals surface area contributed by atoms with Crippen LogP contribution in [0.2, 0.25) is 0 Å². The van der Waals surface area contributed by atoms with E-state index in [1.807, 2.05) is 6.92 Å². The Morgan fingerprint density at radius 3 is 2.33 bits per heavy atom. The maximum Gasteiger partial charge on any atom is 0.136 e. The van der Waals surface area contributed by atoms with Gasteiger partial charge in [-0.2, -0.15) is 0 Å². The van der Waals surface area contributed by atoms with Gasteiger partial charge in [-0.3, -0.25) is 5.41 Å². The summed E-state index contributed by atoms with van der Waals surface area (Å²) in [5.74, 6) is -0.115. The van der Waals surface area contributed by atoms with Gasteiger partial charge in [0.2, 0.25) is 0 Å². The van der Waals surface area contributed by atoms with Gasteiger partial charge in [-0.1, -0.05) is 6.42 Å². The van der Waals surface area contributed by atoms with Crippen LogP contribution in [0.4, 0.5) is 0 Å². The number of amidine groups is 1. The SMILES string of the molecule is CC(N)CCCCC(=N)C(=N)N. The number of nitrogens with two attached hydrogens (primary N) is 2. The Hall–Kier alpha value is -0.900. The maximum atomic E-state index is 7.25. The third-order valence-electron chi connectivity index (χ3n) is 1.66. The van der Waals surface area contributed by atoms with E-state index in [1.54, 1.807) is 0 Å². The molecule has 0 heterocycles. The fraction of sp³-hybridized carbons (Fsp3) is 0.750. The van der Waals surface area contributed by atoms with Crippen LogP contribution < -0.4 is 11.5 Å². The summed E-state index contributed by atoms with van der Waals surface area (Å²) in [4.78, 5) is 0. The second kappa shape index (κ2) is 5.71. The molecule has 1 unspecified atom stereocenters. The van der Waals surface area contributed by atoms with Crippen molar-refractivity contribution < 1.29 is 0 Å². The first-order valence-corrected chi connectivity index (χ1v) is 4.21. The number of nitrogens with one attached hydrogen (secondary N) is 2. The van der Waals surface area contributed by atoms with Gasteiger partial charge in [0.1, 0.15) is 5.84 Å². The molecule has 0 bridgehead atoms. The lowest BCUT2D eigenvalue weighted by atomic mass is 10.1. The summed E-state index contributed by atoms with van der Waals surface area (Å²) in [6.45, 7) is 1.97. The molecule has 4 heteroatoms. The van der Waals surface area contributed by atoms with Crippen LogP contribution in [0.3, 0.4) is 0 Å². The largest absolute Gasteiger partial charge is 0.383 e. The van der Waals surface area contributed by atoms with E-state index in [0.29, 0.717) is 6.42 Å². The number of rotatable bonds is 6. The highest BCUT2D eigenvalue weighted by Crippen LogP contribution is 2.02. The van der Waals surface area contributed by atoms with E-state index in [4.69, 9.17) is 22.3 Å². The van der Waals surface area contributed by atoms with Gasteiger partial charge in [-0.15, -0.1) is 0 Å². The van der Waals surface area contributed by atoms with E-state index in [2.05, 4.69) is 0 Å². The Bertz CT molecular complexity index is 162. The summed E-state index contributed by atoms with van der Waals surface area (Å²) in [5.41, 5.74) is 10.9. The fourth-order valence-corrected chi connectivity index (χ4v) is 0.903. The summed E-state index contributed by atoms with van der Waals surface area (Å²) >= 11 is 0. The summed E-state index contributed by atoms with van der Waals surface area (Å²) in [5, 5.41) is 14.2.